The summed E-state index contributed by atoms with van der Waals surface area (Å²) in [6.07, 6.45) is 13.0. The zero-order valence-corrected chi connectivity index (χ0v) is 13.1. The fourth-order valence-electron chi connectivity index (χ4n) is 3.99. The molecule has 116 valence electrons. The summed E-state index contributed by atoms with van der Waals surface area (Å²) in [6, 6.07) is 0.758. The van der Waals surface area contributed by atoms with Gasteiger partial charge in [0.05, 0.1) is 23.9 Å². The van der Waals surface area contributed by atoms with Gasteiger partial charge in [0.2, 0.25) is 0 Å². The largest absolute Gasteiger partial charge is 0.370 e. The van der Waals surface area contributed by atoms with Crippen LogP contribution in [0.2, 0.25) is 0 Å². The SMILES string of the molecule is Cc1nn(CC2CCC3(CCCC3)O2)cc1CNC1CC1. The maximum absolute atomic E-state index is 6.39. The standard InChI is InChI=1S/C17H27N3O/c1-13-14(10-18-15-4-5-15)11-20(19-13)12-16-6-9-17(21-16)7-2-3-8-17/h11,15-16,18H,2-10,12H2,1H3. The second-order valence-corrected chi connectivity index (χ2v) is 7.29. The Balaban J connectivity index is 1.35. The first-order chi connectivity index (χ1) is 10.2. The molecule has 4 nitrogen and oxygen atoms in total. The van der Waals surface area contributed by atoms with Crippen molar-refractivity contribution in [3.63, 3.8) is 0 Å². The Labute approximate surface area is 127 Å². The van der Waals surface area contributed by atoms with Crippen LogP contribution in [0.5, 0.6) is 0 Å². The highest BCUT2D eigenvalue weighted by molar-refractivity contribution is 5.15. The van der Waals surface area contributed by atoms with Gasteiger partial charge in [-0.15, -0.1) is 0 Å². The molecule has 0 aromatic carbocycles. The van der Waals surface area contributed by atoms with Crippen LogP contribution in [0.4, 0.5) is 0 Å². The average Bonchev–Trinajstić information content (AvgIpc) is 2.89. The van der Waals surface area contributed by atoms with E-state index in [9.17, 15) is 0 Å². The van der Waals surface area contributed by atoms with Gasteiger partial charge in [-0.1, -0.05) is 12.8 Å². The summed E-state index contributed by atoms with van der Waals surface area (Å²) in [5.41, 5.74) is 2.75. The number of rotatable bonds is 5. The van der Waals surface area contributed by atoms with E-state index in [4.69, 9.17) is 4.74 Å². The Kier molecular flexibility index (Phi) is 3.54. The second kappa shape index (κ2) is 5.40. The summed E-state index contributed by atoms with van der Waals surface area (Å²) in [5.74, 6) is 0. The molecule has 2 aliphatic carbocycles. The summed E-state index contributed by atoms with van der Waals surface area (Å²) in [7, 11) is 0. The molecular weight excluding hydrogens is 262 g/mol. The molecule has 21 heavy (non-hydrogen) atoms. The minimum Gasteiger partial charge on any atom is -0.370 e. The van der Waals surface area contributed by atoms with Crippen LogP contribution in [0.3, 0.4) is 0 Å². The molecule has 2 saturated carbocycles. The third-order valence-corrected chi connectivity index (χ3v) is 5.45. The van der Waals surface area contributed by atoms with Crippen molar-refractivity contribution >= 4 is 0 Å². The first-order valence-electron chi connectivity index (χ1n) is 8.67. The van der Waals surface area contributed by atoms with E-state index in [1.54, 1.807) is 0 Å². The Morgan fingerprint density at radius 3 is 2.86 bits per heavy atom. The van der Waals surface area contributed by atoms with Crippen LogP contribution < -0.4 is 5.32 Å². The van der Waals surface area contributed by atoms with E-state index in [1.165, 1.54) is 56.9 Å². The van der Waals surface area contributed by atoms with Gasteiger partial charge >= 0.3 is 0 Å². The Bertz CT molecular complexity index is 500. The number of hydrogen-bond donors (Lipinski definition) is 1. The molecule has 1 aliphatic heterocycles. The van der Waals surface area contributed by atoms with Gasteiger partial charge in [0.15, 0.2) is 0 Å². The third kappa shape index (κ3) is 3.02. The van der Waals surface area contributed by atoms with Crippen molar-refractivity contribution in [3.05, 3.63) is 17.5 Å². The summed E-state index contributed by atoms with van der Waals surface area (Å²) in [6.45, 7) is 4.01. The molecule has 1 aromatic rings. The normalized spacial score (nSPS) is 27.8. The maximum atomic E-state index is 6.39. The van der Waals surface area contributed by atoms with Crippen molar-refractivity contribution in [2.24, 2.45) is 0 Å². The number of ether oxygens (including phenoxy) is 1. The van der Waals surface area contributed by atoms with Crippen LogP contribution >= 0.6 is 0 Å². The fraction of sp³-hybridized carbons (Fsp3) is 0.824. The lowest BCUT2D eigenvalue weighted by atomic mass is 9.98. The summed E-state index contributed by atoms with van der Waals surface area (Å²) >= 11 is 0. The van der Waals surface area contributed by atoms with Gasteiger partial charge in [-0.25, -0.2) is 0 Å². The van der Waals surface area contributed by atoms with Gasteiger partial charge in [0, 0.05) is 24.3 Å². The van der Waals surface area contributed by atoms with Crippen molar-refractivity contribution in [1.29, 1.82) is 0 Å². The first-order valence-corrected chi connectivity index (χ1v) is 8.67. The minimum absolute atomic E-state index is 0.239. The zero-order chi connectivity index (χ0) is 14.3. The quantitative estimate of drug-likeness (QED) is 0.906. The molecule has 4 heteroatoms. The predicted octanol–water partition coefficient (Wildman–Crippen LogP) is 2.94. The third-order valence-electron chi connectivity index (χ3n) is 5.45. The Hall–Kier alpha value is -0.870. The zero-order valence-electron chi connectivity index (χ0n) is 13.1. The predicted molar refractivity (Wildman–Crippen MR) is 82.1 cm³/mol. The highest BCUT2D eigenvalue weighted by Crippen LogP contribution is 2.43. The molecule has 2 heterocycles. The van der Waals surface area contributed by atoms with Crippen LogP contribution in [0.15, 0.2) is 6.20 Å². The summed E-state index contributed by atoms with van der Waals surface area (Å²) < 4.78 is 8.50. The highest BCUT2D eigenvalue weighted by Gasteiger charge is 2.42. The van der Waals surface area contributed by atoms with Crippen LogP contribution in [-0.4, -0.2) is 27.5 Å². The second-order valence-electron chi connectivity index (χ2n) is 7.29. The lowest BCUT2D eigenvalue weighted by Gasteiger charge is -2.23. The van der Waals surface area contributed by atoms with E-state index in [0.29, 0.717) is 6.10 Å². The van der Waals surface area contributed by atoms with Gasteiger partial charge in [-0.05, 0) is 45.4 Å². The summed E-state index contributed by atoms with van der Waals surface area (Å²) in [4.78, 5) is 0. The molecule has 1 aromatic heterocycles. The topological polar surface area (TPSA) is 39.1 Å². The van der Waals surface area contributed by atoms with Crippen molar-refractivity contribution in [3.8, 4) is 0 Å². The number of nitrogens with one attached hydrogen (secondary N) is 1. The number of aromatic nitrogens is 2. The average molecular weight is 289 g/mol. The van der Waals surface area contributed by atoms with Crippen LogP contribution in [0.25, 0.3) is 0 Å². The smallest absolute Gasteiger partial charge is 0.0779 e. The van der Waals surface area contributed by atoms with E-state index in [2.05, 4.69) is 28.2 Å². The van der Waals surface area contributed by atoms with E-state index in [0.717, 1.165) is 24.8 Å². The van der Waals surface area contributed by atoms with Crippen molar-refractivity contribution < 1.29 is 4.74 Å². The molecule has 0 radical (unpaired) electrons. The number of aryl methyl sites for hydroxylation is 1. The molecule has 1 unspecified atom stereocenters. The molecular formula is C17H27N3O. The van der Waals surface area contributed by atoms with Gasteiger partial charge < -0.3 is 10.1 Å². The molecule has 3 aliphatic rings. The van der Waals surface area contributed by atoms with E-state index < -0.39 is 0 Å². The molecule has 1 atom stereocenters. The Morgan fingerprint density at radius 2 is 2.10 bits per heavy atom. The summed E-state index contributed by atoms with van der Waals surface area (Å²) in [5, 5.41) is 8.26. The van der Waals surface area contributed by atoms with E-state index in [1.807, 2.05) is 0 Å². The number of hydrogen-bond acceptors (Lipinski definition) is 3. The maximum Gasteiger partial charge on any atom is 0.0779 e. The molecule has 0 bridgehead atoms. The number of nitrogens with zero attached hydrogens (tertiary/aromatic N) is 2. The molecule has 4 rings (SSSR count). The van der Waals surface area contributed by atoms with Gasteiger partial charge in [-0.2, -0.15) is 5.10 Å². The van der Waals surface area contributed by atoms with E-state index in [-0.39, 0.29) is 5.60 Å². The molecule has 1 N–H and O–H groups in total. The van der Waals surface area contributed by atoms with Gasteiger partial charge in [-0.3, -0.25) is 4.68 Å². The Morgan fingerprint density at radius 1 is 1.29 bits per heavy atom. The van der Waals surface area contributed by atoms with E-state index >= 15 is 0 Å². The lowest BCUT2D eigenvalue weighted by molar-refractivity contribution is -0.0429. The van der Waals surface area contributed by atoms with Gasteiger partial charge in [0.25, 0.3) is 0 Å². The van der Waals surface area contributed by atoms with Crippen LogP contribution in [0, 0.1) is 6.92 Å². The van der Waals surface area contributed by atoms with Crippen LogP contribution in [0.1, 0.15) is 62.6 Å². The monoisotopic (exact) mass is 289 g/mol. The van der Waals surface area contributed by atoms with Crippen molar-refractivity contribution in [2.45, 2.75) is 89.1 Å². The lowest BCUT2D eigenvalue weighted by Crippen LogP contribution is -2.26. The highest BCUT2D eigenvalue weighted by atomic mass is 16.5. The molecule has 1 saturated heterocycles. The first kappa shape index (κ1) is 13.8. The minimum atomic E-state index is 0.239. The van der Waals surface area contributed by atoms with Gasteiger partial charge in [0.1, 0.15) is 0 Å². The molecule has 3 fully saturated rings. The van der Waals surface area contributed by atoms with Crippen molar-refractivity contribution in [1.82, 2.24) is 15.1 Å². The molecule has 0 amide bonds. The fourth-order valence-corrected chi connectivity index (χ4v) is 3.99. The van der Waals surface area contributed by atoms with Crippen LogP contribution in [-0.2, 0) is 17.8 Å². The molecule has 1 spiro atoms. The van der Waals surface area contributed by atoms with Crippen molar-refractivity contribution in [2.75, 3.05) is 0 Å².